The molecule has 2 aliphatic rings. The Balaban J connectivity index is 1.49. The van der Waals surface area contributed by atoms with Gasteiger partial charge in [-0.15, -0.1) is 0 Å². The van der Waals surface area contributed by atoms with Gasteiger partial charge in [0.1, 0.15) is 0 Å². The van der Waals surface area contributed by atoms with Crippen LogP contribution in [0.15, 0.2) is 18.2 Å². The van der Waals surface area contributed by atoms with Crippen LogP contribution in [0.1, 0.15) is 53.6 Å². The molecule has 5 heteroatoms. The van der Waals surface area contributed by atoms with Crippen molar-refractivity contribution < 1.29 is 14.3 Å². The molecule has 1 aromatic carbocycles. The minimum Gasteiger partial charge on any atom is -0.381 e. The van der Waals surface area contributed by atoms with Crippen LogP contribution in [0.4, 0.5) is 0 Å². The maximum atomic E-state index is 12.4. The quantitative estimate of drug-likeness (QED) is 0.850. The third-order valence-corrected chi connectivity index (χ3v) is 5.83. The zero-order valence-electron chi connectivity index (χ0n) is 16.0. The molecule has 2 fully saturated rings. The molecule has 1 saturated heterocycles. The van der Waals surface area contributed by atoms with E-state index in [0.29, 0.717) is 24.4 Å². The van der Waals surface area contributed by atoms with Gasteiger partial charge < -0.3 is 15.4 Å². The summed E-state index contributed by atoms with van der Waals surface area (Å²) in [4.78, 5) is 24.8. The van der Waals surface area contributed by atoms with Gasteiger partial charge in [0, 0.05) is 31.2 Å². The maximum absolute atomic E-state index is 12.4. The second kappa shape index (κ2) is 8.21. The van der Waals surface area contributed by atoms with Gasteiger partial charge in [-0.3, -0.25) is 9.59 Å². The van der Waals surface area contributed by atoms with E-state index in [1.807, 2.05) is 26.0 Å². The van der Waals surface area contributed by atoms with Crippen LogP contribution in [0, 0.1) is 25.7 Å². The van der Waals surface area contributed by atoms with Crippen LogP contribution in [0.25, 0.3) is 0 Å². The summed E-state index contributed by atoms with van der Waals surface area (Å²) in [6, 6.07) is 6.10. The van der Waals surface area contributed by atoms with Gasteiger partial charge in [-0.1, -0.05) is 17.2 Å². The molecule has 0 radical (unpaired) electrons. The highest BCUT2D eigenvalue weighted by Gasteiger charge is 2.39. The number of amides is 2. The molecule has 2 N–H and O–H groups in total. The molecule has 5 nitrogen and oxygen atoms in total. The molecule has 0 spiro atoms. The average Bonchev–Trinajstić information content (AvgIpc) is 2.60. The molecular weight excluding hydrogens is 328 g/mol. The topological polar surface area (TPSA) is 67.4 Å². The number of aryl methyl sites for hydroxylation is 2. The zero-order chi connectivity index (χ0) is 18.7. The van der Waals surface area contributed by atoms with Crippen molar-refractivity contribution in [3.05, 3.63) is 34.9 Å². The second-order valence-electron chi connectivity index (χ2n) is 7.90. The molecule has 26 heavy (non-hydrogen) atoms. The fraction of sp³-hybridized carbons (Fsp3) is 0.619. The average molecular weight is 358 g/mol. The van der Waals surface area contributed by atoms with Crippen LogP contribution in [-0.2, 0) is 9.53 Å². The van der Waals surface area contributed by atoms with Gasteiger partial charge in [-0.25, -0.2) is 0 Å². The first-order valence-corrected chi connectivity index (χ1v) is 9.66. The van der Waals surface area contributed by atoms with Crippen molar-refractivity contribution in [3.8, 4) is 0 Å². The van der Waals surface area contributed by atoms with E-state index in [4.69, 9.17) is 4.74 Å². The van der Waals surface area contributed by atoms with Gasteiger partial charge in [-0.2, -0.15) is 0 Å². The van der Waals surface area contributed by atoms with Gasteiger partial charge in [0.25, 0.3) is 5.91 Å². The van der Waals surface area contributed by atoms with E-state index in [1.165, 1.54) is 0 Å². The highest BCUT2D eigenvalue weighted by Crippen LogP contribution is 2.35. The molecule has 4 unspecified atom stereocenters. The van der Waals surface area contributed by atoms with Crippen LogP contribution in [0.3, 0.4) is 0 Å². The van der Waals surface area contributed by atoms with Gasteiger partial charge in [0.2, 0.25) is 5.91 Å². The summed E-state index contributed by atoms with van der Waals surface area (Å²) in [6.07, 6.45) is 4.98. The molecule has 0 aromatic heterocycles. The highest BCUT2D eigenvalue weighted by molar-refractivity contribution is 5.94. The SMILES string of the molecule is COC1CCC2CC(CCNC(=O)c3cc(C)cc(C)c3)C(=O)NC2C1. The summed E-state index contributed by atoms with van der Waals surface area (Å²) >= 11 is 0. The van der Waals surface area contributed by atoms with E-state index in [9.17, 15) is 9.59 Å². The fourth-order valence-corrected chi connectivity index (χ4v) is 4.46. The van der Waals surface area contributed by atoms with E-state index in [0.717, 1.165) is 36.8 Å². The van der Waals surface area contributed by atoms with E-state index >= 15 is 0 Å². The maximum Gasteiger partial charge on any atom is 0.251 e. The van der Waals surface area contributed by atoms with Gasteiger partial charge in [0.15, 0.2) is 0 Å². The van der Waals surface area contributed by atoms with Crippen LogP contribution in [0.5, 0.6) is 0 Å². The Morgan fingerprint density at radius 2 is 1.92 bits per heavy atom. The van der Waals surface area contributed by atoms with Crippen molar-refractivity contribution in [2.45, 2.75) is 58.1 Å². The zero-order valence-corrected chi connectivity index (χ0v) is 16.0. The summed E-state index contributed by atoms with van der Waals surface area (Å²) in [5, 5.41) is 6.16. The molecule has 2 amide bonds. The molecule has 1 aliphatic carbocycles. The summed E-state index contributed by atoms with van der Waals surface area (Å²) in [7, 11) is 1.75. The predicted molar refractivity (Wildman–Crippen MR) is 101 cm³/mol. The van der Waals surface area contributed by atoms with E-state index in [1.54, 1.807) is 7.11 Å². The number of carbonyl (C=O) groups is 2. The largest absolute Gasteiger partial charge is 0.381 e. The Morgan fingerprint density at radius 1 is 1.19 bits per heavy atom. The first kappa shape index (κ1) is 18.9. The number of methoxy groups -OCH3 is 1. The minimum atomic E-state index is -0.0634. The van der Waals surface area contributed by atoms with Crippen molar-refractivity contribution in [2.24, 2.45) is 11.8 Å². The summed E-state index contributed by atoms with van der Waals surface area (Å²) < 4.78 is 5.45. The Morgan fingerprint density at radius 3 is 2.62 bits per heavy atom. The lowest BCUT2D eigenvalue weighted by Gasteiger charge is -2.41. The third-order valence-electron chi connectivity index (χ3n) is 5.83. The van der Waals surface area contributed by atoms with Gasteiger partial charge in [0.05, 0.1) is 6.10 Å². The monoisotopic (exact) mass is 358 g/mol. The minimum absolute atomic E-state index is 0.00473. The summed E-state index contributed by atoms with van der Waals surface area (Å²) in [5.41, 5.74) is 2.85. The number of fused-ring (bicyclic) bond motifs is 1. The van der Waals surface area contributed by atoms with Crippen LogP contribution in [0.2, 0.25) is 0 Å². The Labute approximate surface area is 155 Å². The predicted octanol–water partition coefficient (Wildman–Crippen LogP) is 2.74. The molecule has 142 valence electrons. The molecule has 0 bridgehead atoms. The summed E-state index contributed by atoms with van der Waals surface area (Å²) in [5.74, 6) is 0.601. The number of rotatable bonds is 5. The van der Waals surface area contributed by atoms with Crippen LogP contribution in [-0.4, -0.2) is 37.6 Å². The van der Waals surface area contributed by atoms with E-state index in [-0.39, 0.29) is 29.9 Å². The molecule has 4 atom stereocenters. The third kappa shape index (κ3) is 4.44. The van der Waals surface area contributed by atoms with Crippen molar-refractivity contribution in [2.75, 3.05) is 13.7 Å². The number of piperidine rings is 1. The molecule has 1 heterocycles. The lowest BCUT2D eigenvalue weighted by molar-refractivity contribution is -0.131. The van der Waals surface area contributed by atoms with E-state index < -0.39 is 0 Å². The molecule has 3 rings (SSSR count). The Bertz CT molecular complexity index is 653. The molecule has 1 aromatic rings. The number of hydrogen-bond donors (Lipinski definition) is 2. The number of hydrogen-bond acceptors (Lipinski definition) is 3. The van der Waals surface area contributed by atoms with Gasteiger partial charge >= 0.3 is 0 Å². The van der Waals surface area contributed by atoms with E-state index in [2.05, 4.69) is 16.7 Å². The summed E-state index contributed by atoms with van der Waals surface area (Å²) in [6.45, 7) is 4.51. The number of nitrogens with one attached hydrogen (secondary N) is 2. The van der Waals surface area contributed by atoms with Crippen molar-refractivity contribution in [1.29, 1.82) is 0 Å². The van der Waals surface area contributed by atoms with Crippen LogP contribution >= 0.6 is 0 Å². The smallest absolute Gasteiger partial charge is 0.251 e. The molecule has 1 aliphatic heterocycles. The number of carbonyl (C=O) groups excluding carboxylic acids is 2. The standard InChI is InChI=1S/C21H30N2O3/c1-13-8-14(2)10-17(9-13)20(24)22-7-6-16-11-15-4-5-18(26-3)12-19(15)23-21(16)25/h8-10,15-16,18-19H,4-7,11-12H2,1-3H3,(H,22,24)(H,23,25). The second-order valence-corrected chi connectivity index (χ2v) is 7.90. The Hall–Kier alpha value is -1.88. The molecular formula is C21H30N2O3. The first-order valence-electron chi connectivity index (χ1n) is 9.66. The highest BCUT2D eigenvalue weighted by atomic mass is 16.5. The normalized spacial score (nSPS) is 28.2. The number of ether oxygens (including phenoxy) is 1. The Kier molecular flexibility index (Phi) is 5.97. The van der Waals surface area contributed by atoms with Gasteiger partial charge in [-0.05, 0) is 64.0 Å². The van der Waals surface area contributed by atoms with Crippen molar-refractivity contribution >= 4 is 11.8 Å². The lowest BCUT2D eigenvalue weighted by Crippen LogP contribution is -2.53. The fourth-order valence-electron chi connectivity index (χ4n) is 4.46. The van der Waals surface area contributed by atoms with Crippen molar-refractivity contribution in [3.63, 3.8) is 0 Å². The molecule has 1 saturated carbocycles. The first-order chi connectivity index (χ1) is 12.5. The number of benzene rings is 1. The van der Waals surface area contributed by atoms with Crippen molar-refractivity contribution in [1.82, 2.24) is 10.6 Å². The lowest BCUT2D eigenvalue weighted by atomic mass is 9.74. The van der Waals surface area contributed by atoms with Crippen LogP contribution < -0.4 is 10.6 Å².